The molecule has 42 heavy (non-hydrogen) atoms. The van der Waals surface area contributed by atoms with Gasteiger partial charge in [-0.25, -0.2) is 4.79 Å². The number of carbonyl (C=O) groups excluding carboxylic acids is 5. The zero-order valence-corrected chi connectivity index (χ0v) is 23.6. The third kappa shape index (κ3) is 7.94. The molecular formula is C28H32N6O7S. The molecule has 0 bridgehead atoms. The number of primary amides is 1. The standard InChI is InChI=1S/C28H32N6O7S/c1-42-19-7-2-6-17(14-19)31-28(39)32-18-15-21(34(16-18)27(38)23-10-5-13-41-23)25(36)33-20(24(29)35)8-3-11-30-26(37)22-9-4-12-40-22/h2,4-7,9-10,12-14,18,20-21H,3,8,11,15-16H2,1H3,(H2,29,35)(H,30,37)(H,33,36)(H2,31,32,39)/t18-,20-,21-/m0/s1. The molecule has 0 radical (unpaired) electrons. The number of likely N-dealkylation sites (tertiary alicyclic amines) is 1. The van der Waals surface area contributed by atoms with E-state index in [4.69, 9.17) is 14.6 Å². The van der Waals surface area contributed by atoms with Gasteiger partial charge in [0.15, 0.2) is 11.5 Å². The van der Waals surface area contributed by atoms with Crippen LogP contribution >= 0.6 is 11.8 Å². The van der Waals surface area contributed by atoms with Crippen molar-refractivity contribution in [1.82, 2.24) is 20.9 Å². The van der Waals surface area contributed by atoms with Crippen LogP contribution in [0, 0.1) is 0 Å². The second-order valence-electron chi connectivity index (χ2n) is 9.55. The number of anilines is 1. The van der Waals surface area contributed by atoms with Crippen LogP contribution in [-0.4, -0.2) is 72.0 Å². The average molecular weight is 597 g/mol. The van der Waals surface area contributed by atoms with E-state index in [0.717, 1.165) is 4.90 Å². The average Bonchev–Trinajstić information content (AvgIpc) is 3.76. The molecule has 1 saturated heterocycles. The number of benzene rings is 1. The molecule has 1 aliphatic heterocycles. The van der Waals surface area contributed by atoms with E-state index < -0.39 is 47.8 Å². The first kappa shape index (κ1) is 30.2. The summed E-state index contributed by atoms with van der Waals surface area (Å²) >= 11 is 1.54. The van der Waals surface area contributed by atoms with Crippen LogP contribution in [-0.2, 0) is 9.59 Å². The molecule has 0 unspecified atom stereocenters. The molecule has 4 rings (SSSR count). The van der Waals surface area contributed by atoms with Crippen molar-refractivity contribution in [3.05, 3.63) is 72.6 Å². The molecule has 1 fully saturated rings. The first-order chi connectivity index (χ1) is 20.2. The van der Waals surface area contributed by atoms with Crippen LogP contribution in [0.5, 0.6) is 0 Å². The normalized spacial score (nSPS) is 16.8. The van der Waals surface area contributed by atoms with Crippen LogP contribution < -0.4 is 27.0 Å². The Balaban J connectivity index is 1.37. The molecule has 3 heterocycles. The number of nitrogens with two attached hydrogens (primary N) is 1. The Morgan fingerprint density at radius 2 is 1.79 bits per heavy atom. The van der Waals surface area contributed by atoms with Gasteiger partial charge in [0.05, 0.1) is 18.6 Å². The van der Waals surface area contributed by atoms with E-state index in [9.17, 15) is 24.0 Å². The number of hydrogen-bond acceptors (Lipinski definition) is 8. The fourth-order valence-corrected chi connectivity index (χ4v) is 5.02. The fraction of sp³-hybridized carbons (Fsp3) is 0.321. The number of thioether (sulfide) groups is 1. The predicted octanol–water partition coefficient (Wildman–Crippen LogP) is 2.18. The minimum Gasteiger partial charge on any atom is -0.459 e. The van der Waals surface area contributed by atoms with E-state index >= 15 is 0 Å². The summed E-state index contributed by atoms with van der Waals surface area (Å²) < 4.78 is 10.3. The molecular weight excluding hydrogens is 564 g/mol. The monoisotopic (exact) mass is 596 g/mol. The number of rotatable bonds is 12. The third-order valence-electron chi connectivity index (χ3n) is 6.62. The van der Waals surface area contributed by atoms with Gasteiger partial charge in [-0.3, -0.25) is 19.2 Å². The third-order valence-corrected chi connectivity index (χ3v) is 7.34. The van der Waals surface area contributed by atoms with Crippen molar-refractivity contribution in [1.29, 1.82) is 0 Å². The summed E-state index contributed by atoms with van der Waals surface area (Å²) in [6.07, 6.45) is 5.24. The molecule has 14 heteroatoms. The van der Waals surface area contributed by atoms with Crippen LogP contribution in [0.15, 0.2) is 74.8 Å². The van der Waals surface area contributed by atoms with Crippen molar-refractivity contribution in [3.63, 3.8) is 0 Å². The van der Waals surface area contributed by atoms with E-state index in [0.29, 0.717) is 12.1 Å². The van der Waals surface area contributed by atoms with Gasteiger partial charge in [-0.2, -0.15) is 0 Å². The Kier molecular flexibility index (Phi) is 10.3. The Bertz CT molecular complexity index is 1400. The molecule has 6 N–H and O–H groups in total. The quantitative estimate of drug-likeness (QED) is 0.155. The SMILES string of the molecule is CSc1cccc(NC(=O)N[C@H]2C[C@@H](C(=O)N[C@@H](CCCNC(=O)c3ccco3)C(N)=O)N(C(=O)c3ccco3)C2)c1. The highest BCUT2D eigenvalue weighted by molar-refractivity contribution is 7.98. The lowest BCUT2D eigenvalue weighted by atomic mass is 10.1. The second kappa shape index (κ2) is 14.3. The number of urea groups is 1. The maximum atomic E-state index is 13.4. The predicted molar refractivity (Wildman–Crippen MR) is 154 cm³/mol. The first-order valence-corrected chi connectivity index (χ1v) is 14.4. The van der Waals surface area contributed by atoms with Gasteiger partial charge in [0.25, 0.3) is 11.8 Å². The zero-order chi connectivity index (χ0) is 30.1. The number of carbonyl (C=O) groups is 5. The van der Waals surface area contributed by atoms with Crippen LogP contribution in [0.25, 0.3) is 0 Å². The lowest BCUT2D eigenvalue weighted by Crippen LogP contribution is -2.52. The molecule has 1 aromatic carbocycles. The largest absolute Gasteiger partial charge is 0.459 e. The molecule has 2 aromatic heterocycles. The van der Waals surface area contributed by atoms with Gasteiger partial charge in [-0.05, 0) is 68.0 Å². The smallest absolute Gasteiger partial charge is 0.319 e. The highest BCUT2D eigenvalue weighted by Gasteiger charge is 2.42. The molecule has 6 amide bonds. The van der Waals surface area contributed by atoms with Crippen LogP contribution in [0.1, 0.15) is 40.4 Å². The van der Waals surface area contributed by atoms with Crippen molar-refractivity contribution in [2.75, 3.05) is 24.7 Å². The molecule has 13 nitrogen and oxygen atoms in total. The summed E-state index contributed by atoms with van der Waals surface area (Å²) in [6, 6.07) is 10.4. The summed E-state index contributed by atoms with van der Waals surface area (Å²) in [5, 5.41) is 10.9. The number of hydrogen-bond donors (Lipinski definition) is 5. The van der Waals surface area contributed by atoms with Gasteiger partial charge in [0.2, 0.25) is 11.8 Å². The lowest BCUT2D eigenvalue weighted by Gasteiger charge is -2.25. The molecule has 3 atom stereocenters. The molecule has 0 saturated carbocycles. The molecule has 3 aromatic rings. The molecule has 0 spiro atoms. The zero-order valence-electron chi connectivity index (χ0n) is 22.8. The fourth-order valence-electron chi connectivity index (χ4n) is 4.57. The Hall–Kier alpha value is -4.72. The summed E-state index contributed by atoms with van der Waals surface area (Å²) in [5.74, 6) is -2.11. The van der Waals surface area contributed by atoms with Crippen molar-refractivity contribution in [2.24, 2.45) is 5.73 Å². The summed E-state index contributed by atoms with van der Waals surface area (Å²) in [5.41, 5.74) is 6.14. The number of furan rings is 2. The summed E-state index contributed by atoms with van der Waals surface area (Å²) in [4.78, 5) is 65.7. The van der Waals surface area contributed by atoms with Crippen LogP contribution in [0.2, 0.25) is 0 Å². The van der Waals surface area contributed by atoms with Crippen molar-refractivity contribution in [2.45, 2.75) is 42.3 Å². The topological polar surface area (TPSA) is 189 Å². The summed E-state index contributed by atoms with van der Waals surface area (Å²) in [6.45, 7) is 0.253. The van der Waals surface area contributed by atoms with Crippen LogP contribution in [0.4, 0.5) is 10.5 Å². The van der Waals surface area contributed by atoms with E-state index in [1.165, 1.54) is 41.3 Å². The first-order valence-electron chi connectivity index (χ1n) is 13.2. The summed E-state index contributed by atoms with van der Waals surface area (Å²) in [7, 11) is 0. The highest BCUT2D eigenvalue weighted by atomic mass is 32.2. The Labute approximate surface area is 245 Å². The maximum absolute atomic E-state index is 13.4. The molecule has 1 aliphatic rings. The van der Waals surface area contributed by atoms with Crippen molar-refractivity contribution in [3.8, 4) is 0 Å². The molecule has 0 aliphatic carbocycles. The molecule has 222 valence electrons. The van der Waals surface area contributed by atoms with E-state index in [1.807, 2.05) is 24.5 Å². The van der Waals surface area contributed by atoms with Gasteiger partial charge in [0.1, 0.15) is 12.1 Å². The van der Waals surface area contributed by atoms with Gasteiger partial charge in [0, 0.05) is 23.7 Å². The van der Waals surface area contributed by atoms with E-state index in [1.54, 1.807) is 18.2 Å². The highest BCUT2D eigenvalue weighted by Crippen LogP contribution is 2.23. The Morgan fingerprint density at radius 1 is 1.05 bits per heavy atom. The lowest BCUT2D eigenvalue weighted by molar-refractivity contribution is -0.129. The van der Waals surface area contributed by atoms with Crippen molar-refractivity contribution < 1.29 is 32.8 Å². The number of nitrogens with zero attached hydrogens (tertiary/aromatic N) is 1. The second-order valence-corrected chi connectivity index (χ2v) is 10.4. The van der Waals surface area contributed by atoms with E-state index in [2.05, 4.69) is 21.3 Å². The van der Waals surface area contributed by atoms with Gasteiger partial charge in [-0.15, -0.1) is 11.8 Å². The van der Waals surface area contributed by atoms with Crippen LogP contribution in [0.3, 0.4) is 0 Å². The van der Waals surface area contributed by atoms with Gasteiger partial charge < -0.3 is 40.7 Å². The van der Waals surface area contributed by atoms with Gasteiger partial charge >= 0.3 is 6.03 Å². The van der Waals surface area contributed by atoms with E-state index in [-0.39, 0.29) is 37.5 Å². The Morgan fingerprint density at radius 3 is 2.45 bits per heavy atom. The number of amides is 6. The minimum atomic E-state index is -1.04. The van der Waals surface area contributed by atoms with Gasteiger partial charge in [-0.1, -0.05) is 6.07 Å². The number of nitrogens with one attached hydrogen (secondary N) is 4. The minimum absolute atomic E-state index is 0.0329. The van der Waals surface area contributed by atoms with Crippen molar-refractivity contribution >= 4 is 47.1 Å². The maximum Gasteiger partial charge on any atom is 0.319 e.